The Hall–Kier alpha value is -1.26. The minimum absolute atomic E-state index is 0. The van der Waals surface area contributed by atoms with Gasteiger partial charge in [-0.15, -0.1) is 12.4 Å². The van der Waals surface area contributed by atoms with Crippen LogP contribution in [0.2, 0.25) is 0 Å². The summed E-state index contributed by atoms with van der Waals surface area (Å²) in [6.45, 7) is 3.67. The van der Waals surface area contributed by atoms with Gasteiger partial charge in [0, 0.05) is 17.3 Å². The number of benzene rings is 1. The van der Waals surface area contributed by atoms with Crippen LogP contribution in [0, 0.1) is 31.6 Å². The Morgan fingerprint density at radius 2 is 1.95 bits per heavy atom. The Morgan fingerprint density at radius 1 is 1.29 bits per heavy atom. The fourth-order valence-electron chi connectivity index (χ4n) is 3.91. The number of phenols is 1. The lowest BCUT2D eigenvalue weighted by atomic mass is 9.84. The van der Waals surface area contributed by atoms with E-state index in [1.165, 1.54) is 6.42 Å². The van der Waals surface area contributed by atoms with Gasteiger partial charge in [-0.1, -0.05) is 6.07 Å². The SMILES string of the molecule is Cc1ccc(NC(=O)C2C3CCC(C3)C2N)c(C)c1O.Cl. The van der Waals surface area contributed by atoms with Gasteiger partial charge >= 0.3 is 0 Å². The molecule has 4 nitrogen and oxygen atoms in total. The van der Waals surface area contributed by atoms with Gasteiger partial charge in [-0.05, 0) is 56.6 Å². The van der Waals surface area contributed by atoms with Gasteiger partial charge in [0.1, 0.15) is 5.75 Å². The minimum atomic E-state index is -0.0726. The van der Waals surface area contributed by atoms with Crippen LogP contribution in [-0.4, -0.2) is 17.1 Å². The van der Waals surface area contributed by atoms with Gasteiger partial charge in [0.2, 0.25) is 5.91 Å². The number of anilines is 1. The first-order valence-corrected chi connectivity index (χ1v) is 7.34. The minimum Gasteiger partial charge on any atom is -0.507 e. The zero-order valence-corrected chi connectivity index (χ0v) is 13.2. The molecule has 5 heteroatoms. The van der Waals surface area contributed by atoms with E-state index in [2.05, 4.69) is 5.32 Å². The number of hydrogen-bond acceptors (Lipinski definition) is 3. The van der Waals surface area contributed by atoms with E-state index in [9.17, 15) is 9.90 Å². The predicted octanol–water partition coefficient (Wildman–Crippen LogP) is 2.74. The highest BCUT2D eigenvalue weighted by atomic mass is 35.5. The number of halogens is 1. The van der Waals surface area contributed by atoms with Crippen LogP contribution in [0.4, 0.5) is 5.69 Å². The Morgan fingerprint density at radius 3 is 2.57 bits per heavy atom. The van der Waals surface area contributed by atoms with Crippen LogP contribution < -0.4 is 11.1 Å². The summed E-state index contributed by atoms with van der Waals surface area (Å²) in [5.41, 5.74) is 8.42. The molecular weight excluding hydrogens is 288 g/mol. The summed E-state index contributed by atoms with van der Waals surface area (Å²) in [6.07, 6.45) is 3.38. The molecule has 2 aliphatic rings. The molecular formula is C16H23ClN2O2. The molecule has 1 aromatic rings. The maximum Gasteiger partial charge on any atom is 0.229 e. The Kier molecular flexibility index (Phi) is 4.49. The lowest BCUT2D eigenvalue weighted by molar-refractivity contribution is -0.121. The molecule has 0 heterocycles. The number of amides is 1. The monoisotopic (exact) mass is 310 g/mol. The first kappa shape index (κ1) is 16.1. The van der Waals surface area contributed by atoms with Gasteiger partial charge in [-0.25, -0.2) is 0 Å². The molecule has 116 valence electrons. The lowest BCUT2D eigenvalue weighted by Gasteiger charge is -2.27. The van der Waals surface area contributed by atoms with Crippen molar-refractivity contribution in [2.24, 2.45) is 23.5 Å². The quantitative estimate of drug-likeness (QED) is 0.786. The summed E-state index contributed by atoms with van der Waals surface area (Å²) in [4.78, 5) is 12.5. The number of nitrogens with one attached hydrogen (secondary N) is 1. The molecule has 2 aliphatic carbocycles. The highest BCUT2D eigenvalue weighted by Gasteiger charge is 2.49. The first-order valence-electron chi connectivity index (χ1n) is 7.34. The number of carbonyl (C=O) groups excluding carboxylic acids is 1. The lowest BCUT2D eigenvalue weighted by Crippen LogP contribution is -2.42. The molecule has 0 spiro atoms. The van der Waals surface area contributed by atoms with E-state index in [1.54, 1.807) is 0 Å². The smallest absolute Gasteiger partial charge is 0.229 e. The molecule has 0 aliphatic heterocycles. The normalized spacial score (nSPS) is 30.0. The largest absolute Gasteiger partial charge is 0.507 e. The molecule has 2 fully saturated rings. The third kappa shape index (κ3) is 2.62. The van der Waals surface area contributed by atoms with Crippen molar-refractivity contribution in [1.29, 1.82) is 0 Å². The van der Waals surface area contributed by atoms with Crippen molar-refractivity contribution in [2.45, 2.75) is 39.2 Å². The predicted molar refractivity (Wildman–Crippen MR) is 85.8 cm³/mol. The Balaban J connectivity index is 0.00000161. The van der Waals surface area contributed by atoms with E-state index in [0.29, 0.717) is 17.5 Å². The number of carbonyl (C=O) groups is 1. The summed E-state index contributed by atoms with van der Waals surface area (Å²) in [7, 11) is 0. The molecule has 4 unspecified atom stereocenters. The van der Waals surface area contributed by atoms with Gasteiger partial charge in [-0.2, -0.15) is 0 Å². The van der Waals surface area contributed by atoms with Crippen LogP contribution in [0.1, 0.15) is 30.4 Å². The molecule has 0 aromatic heterocycles. The number of fused-ring (bicyclic) bond motifs is 2. The van der Waals surface area contributed by atoms with Crippen LogP contribution in [0.5, 0.6) is 5.75 Å². The summed E-state index contributed by atoms with van der Waals surface area (Å²) >= 11 is 0. The van der Waals surface area contributed by atoms with Crippen LogP contribution in [0.25, 0.3) is 0 Å². The molecule has 2 bridgehead atoms. The van der Waals surface area contributed by atoms with Gasteiger partial charge in [0.15, 0.2) is 0 Å². The standard InChI is InChI=1S/C16H22N2O2.ClH/c1-8-3-6-12(9(2)15(8)19)18-16(20)13-10-4-5-11(7-10)14(13)17;/h3,6,10-11,13-14,19H,4-5,7,17H2,1-2H3,(H,18,20);1H. The maximum atomic E-state index is 12.5. The van der Waals surface area contributed by atoms with Gasteiger partial charge in [-0.3, -0.25) is 4.79 Å². The van der Waals surface area contributed by atoms with Crippen molar-refractivity contribution >= 4 is 24.0 Å². The van der Waals surface area contributed by atoms with E-state index in [4.69, 9.17) is 5.73 Å². The second-order valence-corrected chi connectivity index (χ2v) is 6.33. The van der Waals surface area contributed by atoms with Crippen LogP contribution in [0.15, 0.2) is 12.1 Å². The molecule has 3 rings (SSSR count). The fraction of sp³-hybridized carbons (Fsp3) is 0.562. The first-order chi connectivity index (χ1) is 9.49. The number of aromatic hydroxyl groups is 1. The average Bonchev–Trinajstić information content (AvgIpc) is 3.00. The van der Waals surface area contributed by atoms with Crippen LogP contribution in [0.3, 0.4) is 0 Å². The van der Waals surface area contributed by atoms with Crippen molar-refractivity contribution in [1.82, 2.24) is 0 Å². The van der Waals surface area contributed by atoms with Crippen molar-refractivity contribution < 1.29 is 9.90 Å². The molecule has 1 amide bonds. The van der Waals surface area contributed by atoms with Crippen molar-refractivity contribution in [3.63, 3.8) is 0 Å². The third-order valence-corrected chi connectivity index (χ3v) is 5.17. The summed E-state index contributed by atoms with van der Waals surface area (Å²) < 4.78 is 0. The van der Waals surface area contributed by atoms with E-state index in [0.717, 1.165) is 24.0 Å². The Labute approximate surface area is 131 Å². The number of aryl methyl sites for hydroxylation is 1. The summed E-state index contributed by atoms with van der Waals surface area (Å²) in [5.74, 6) is 1.14. The van der Waals surface area contributed by atoms with Gasteiger partial charge < -0.3 is 16.2 Å². The van der Waals surface area contributed by atoms with Crippen molar-refractivity contribution in [2.75, 3.05) is 5.32 Å². The number of hydrogen-bond donors (Lipinski definition) is 3. The zero-order valence-electron chi connectivity index (χ0n) is 12.4. The molecule has 21 heavy (non-hydrogen) atoms. The number of nitrogens with two attached hydrogens (primary N) is 1. The van der Waals surface area contributed by atoms with E-state index in [-0.39, 0.29) is 36.0 Å². The van der Waals surface area contributed by atoms with E-state index < -0.39 is 0 Å². The molecule has 4 atom stereocenters. The van der Waals surface area contributed by atoms with E-state index in [1.807, 2.05) is 26.0 Å². The number of phenolic OH excluding ortho intramolecular Hbond substituents is 1. The molecule has 4 N–H and O–H groups in total. The molecule has 2 saturated carbocycles. The van der Waals surface area contributed by atoms with E-state index >= 15 is 0 Å². The maximum absolute atomic E-state index is 12.5. The van der Waals surface area contributed by atoms with Crippen molar-refractivity contribution in [3.05, 3.63) is 23.3 Å². The second-order valence-electron chi connectivity index (χ2n) is 6.33. The van der Waals surface area contributed by atoms with Crippen LogP contribution in [-0.2, 0) is 4.79 Å². The third-order valence-electron chi connectivity index (χ3n) is 5.17. The van der Waals surface area contributed by atoms with Gasteiger partial charge in [0.25, 0.3) is 0 Å². The highest BCUT2D eigenvalue weighted by Crippen LogP contribution is 2.48. The topological polar surface area (TPSA) is 75.4 Å². The van der Waals surface area contributed by atoms with Gasteiger partial charge in [0.05, 0.1) is 5.92 Å². The summed E-state index contributed by atoms with van der Waals surface area (Å²) in [6, 6.07) is 3.66. The van der Waals surface area contributed by atoms with Crippen molar-refractivity contribution in [3.8, 4) is 5.75 Å². The molecule has 0 saturated heterocycles. The molecule has 0 radical (unpaired) electrons. The summed E-state index contributed by atoms with van der Waals surface area (Å²) in [5, 5.41) is 12.9. The highest BCUT2D eigenvalue weighted by molar-refractivity contribution is 5.94. The molecule has 1 aromatic carbocycles. The fourth-order valence-corrected chi connectivity index (χ4v) is 3.91. The Bertz CT molecular complexity index is 559. The zero-order chi connectivity index (χ0) is 14.4. The van der Waals surface area contributed by atoms with Crippen LogP contribution >= 0.6 is 12.4 Å². The average molecular weight is 311 g/mol. The number of rotatable bonds is 2. The second kappa shape index (κ2) is 5.85.